The second-order valence-electron chi connectivity index (χ2n) is 11.2. The predicted molar refractivity (Wildman–Crippen MR) is 120 cm³/mol. The number of fused-ring (bicyclic) bond motifs is 5. The number of alkyl halides is 3. The number of carbonyl (C=O) groups is 1. The monoisotopic (exact) mass is 456 g/mol. The number of hydrogen-bond donors (Lipinski definition) is 1. The van der Waals surface area contributed by atoms with E-state index in [4.69, 9.17) is 0 Å². The second kappa shape index (κ2) is 7.47. The highest BCUT2D eigenvalue weighted by Crippen LogP contribution is 2.67. The van der Waals surface area contributed by atoms with Crippen molar-refractivity contribution in [2.45, 2.75) is 77.0 Å². The smallest absolute Gasteiger partial charge is 0.377 e. The summed E-state index contributed by atoms with van der Waals surface area (Å²) < 4.78 is 39.2. The molecule has 6 atom stereocenters. The van der Waals surface area contributed by atoms with Crippen molar-refractivity contribution in [2.24, 2.45) is 28.6 Å². The summed E-state index contributed by atoms with van der Waals surface area (Å²) in [6.45, 7) is 4.47. The molecule has 3 fully saturated rings. The van der Waals surface area contributed by atoms with Crippen LogP contribution in [0.1, 0.15) is 76.3 Å². The molecule has 4 aliphatic rings. The van der Waals surface area contributed by atoms with Crippen LogP contribution in [0.15, 0.2) is 35.9 Å². The van der Waals surface area contributed by atoms with Gasteiger partial charge in [0, 0.05) is 17.4 Å². The van der Waals surface area contributed by atoms with Crippen molar-refractivity contribution in [3.63, 3.8) is 0 Å². The first-order valence-electron chi connectivity index (χ1n) is 12.1. The number of halogens is 3. The average molecular weight is 457 g/mol. The SMILES string of the molecule is C[C@]12CCC(=O)C=C1CC[C@@H]1[C@@H]2CC[C@@]2(C)[C@H]1CC[C@@]2(O)C#Cc1cccc(C(F)(F)F)c1. The maximum absolute atomic E-state index is 13.1. The van der Waals surface area contributed by atoms with E-state index in [0.717, 1.165) is 50.7 Å². The van der Waals surface area contributed by atoms with E-state index < -0.39 is 17.3 Å². The van der Waals surface area contributed by atoms with Gasteiger partial charge in [0.15, 0.2) is 5.78 Å². The van der Waals surface area contributed by atoms with Crippen molar-refractivity contribution in [3.8, 4) is 11.8 Å². The number of benzene rings is 1. The lowest BCUT2D eigenvalue weighted by Crippen LogP contribution is -2.54. The molecule has 0 heterocycles. The van der Waals surface area contributed by atoms with Gasteiger partial charge in [-0.25, -0.2) is 0 Å². The van der Waals surface area contributed by atoms with Crippen LogP contribution >= 0.6 is 0 Å². The van der Waals surface area contributed by atoms with Crippen LogP contribution in [-0.2, 0) is 11.0 Å². The summed E-state index contributed by atoms with van der Waals surface area (Å²) in [6.07, 6.45) is 4.31. The molecule has 0 aromatic heterocycles. The molecule has 0 amide bonds. The molecule has 0 unspecified atom stereocenters. The maximum atomic E-state index is 13.1. The molecule has 0 spiro atoms. The van der Waals surface area contributed by atoms with E-state index in [-0.39, 0.29) is 22.2 Å². The van der Waals surface area contributed by atoms with Gasteiger partial charge in [-0.15, -0.1) is 0 Å². The summed E-state index contributed by atoms with van der Waals surface area (Å²) in [5, 5.41) is 11.7. The fraction of sp³-hybridized carbons (Fsp3) is 0.607. The van der Waals surface area contributed by atoms with E-state index >= 15 is 0 Å². The largest absolute Gasteiger partial charge is 0.416 e. The molecule has 33 heavy (non-hydrogen) atoms. The quantitative estimate of drug-likeness (QED) is 0.464. The summed E-state index contributed by atoms with van der Waals surface area (Å²) in [4.78, 5) is 12.0. The number of aliphatic hydroxyl groups is 1. The van der Waals surface area contributed by atoms with Gasteiger partial charge in [-0.1, -0.05) is 37.3 Å². The van der Waals surface area contributed by atoms with Crippen LogP contribution in [0.5, 0.6) is 0 Å². The van der Waals surface area contributed by atoms with Crippen molar-refractivity contribution in [1.29, 1.82) is 0 Å². The van der Waals surface area contributed by atoms with Gasteiger partial charge in [0.05, 0.1) is 5.56 Å². The van der Waals surface area contributed by atoms with E-state index in [2.05, 4.69) is 25.7 Å². The highest BCUT2D eigenvalue weighted by molar-refractivity contribution is 5.91. The Morgan fingerprint density at radius 2 is 1.79 bits per heavy atom. The lowest BCUT2D eigenvalue weighted by molar-refractivity contribution is -0.137. The van der Waals surface area contributed by atoms with E-state index in [1.807, 2.05) is 6.08 Å². The van der Waals surface area contributed by atoms with Crippen LogP contribution in [0.2, 0.25) is 0 Å². The average Bonchev–Trinajstić information content (AvgIpc) is 3.04. The van der Waals surface area contributed by atoms with Crippen LogP contribution < -0.4 is 0 Å². The van der Waals surface area contributed by atoms with Gasteiger partial charge in [-0.05, 0) is 92.4 Å². The van der Waals surface area contributed by atoms with Crippen molar-refractivity contribution in [2.75, 3.05) is 0 Å². The third-order valence-corrected chi connectivity index (χ3v) is 9.72. The van der Waals surface area contributed by atoms with Crippen molar-refractivity contribution in [1.82, 2.24) is 0 Å². The van der Waals surface area contributed by atoms with Crippen molar-refractivity contribution in [3.05, 3.63) is 47.0 Å². The first-order chi connectivity index (χ1) is 15.5. The Kier molecular flexibility index (Phi) is 5.14. The summed E-state index contributed by atoms with van der Waals surface area (Å²) in [7, 11) is 0. The second-order valence-corrected chi connectivity index (χ2v) is 11.2. The maximum Gasteiger partial charge on any atom is 0.416 e. The number of ketones is 1. The van der Waals surface area contributed by atoms with Crippen LogP contribution in [0.3, 0.4) is 0 Å². The molecule has 1 aromatic rings. The van der Waals surface area contributed by atoms with E-state index in [0.29, 0.717) is 30.6 Å². The number of rotatable bonds is 0. The fourth-order valence-corrected chi connectivity index (χ4v) is 7.73. The Labute approximate surface area is 193 Å². The highest BCUT2D eigenvalue weighted by atomic mass is 19.4. The Hall–Kier alpha value is -2.06. The minimum Gasteiger partial charge on any atom is -0.377 e. The molecule has 5 rings (SSSR count). The third kappa shape index (κ3) is 3.48. The predicted octanol–water partition coefficient (Wildman–Crippen LogP) is 6.32. The summed E-state index contributed by atoms with van der Waals surface area (Å²) in [5.74, 6) is 7.52. The van der Waals surface area contributed by atoms with Gasteiger partial charge in [-0.2, -0.15) is 13.2 Å². The number of allylic oxidation sites excluding steroid dienone is 1. The topological polar surface area (TPSA) is 37.3 Å². The molecule has 2 nitrogen and oxygen atoms in total. The lowest BCUT2D eigenvalue weighted by atomic mass is 9.46. The molecule has 5 heteroatoms. The molecule has 1 aromatic carbocycles. The zero-order chi connectivity index (χ0) is 23.6. The van der Waals surface area contributed by atoms with Crippen LogP contribution in [0, 0.1) is 40.4 Å². The summed E-state index contributed by atoms with van der Waals surface area (Å²) in [6, 6.07) is 5.03. The van der Waals surface area contributed by atoms with Crippen molar-refractivity contribution >= 4 is 5.78 Å². The van der Waals surface area contributed by atoms with Gasteiger partial charge in [0.25, 0.3) is 0 Å². The van der Waals surface area contributed by atoms with Crippen LogP contribution in [-0.4, -0.2) is 16.5 Å². The highest BCUT2D eigenvalue weighted by Gasteiger charge is 2.63. The molecular formula is C28H31F3O2. The Morgan fingerprint density at radius 1 is 1.03 bits per heavy atom. The molecule has 0 aliphatic heterocycles. The first kappa shape index (κ1) is 22.7. The fourth-order valence-electron chi connectivity index (χ4n) is 7.73. The standard InChI is InChI=1S/C28H31F3O2/c1-25-12-9-21(32)17-19(25)6-7-22-23(25)10-13-26(2)24(22)11-15-27(26,33)14-8-18-4-3-5-20(16-18)28(29,30)31/h3-5,16-17,22-24,33H,6-7,9-13,15H2,1-2H3/t22-,23+,24+,25+,26+,27+/m1/s1. The summed E-state index contributed by atoms with van der Waals surface area (Å²) in [5.41, 5.74) is -0.612. The van der Waals surface area contributed by atoms with E-state index in [9.17, 15) is 23.1 Å². The zero-order valence-corrected chi connectivity index (χ0v) is 19.3. The van der Waals surface area contributed by atoms with Gasteiger partial charge < -0.3 is 5.11 Å². The third-order valence-electron chi connectivity index (χ3n) is 9.72. The normalized spacial score (nSPS) is 40.1. The molecule has 4 aliphatic carbocycles. The number of carbonyl (C=O) groups excluding carboxylic acids is 1. The van der Waals surface area contributed by atoms with E-state index in [1.54, 1.807) is 6.07 Å². The Morgan fingerprint density at radius 3 is 2.55 bits per heavy atom. The molecule has 0 bridgehead atoms. The zero-order valence-electron chi connectivity index (χ0n) is 19.3. The molecule has 176 valence electrons. The minimum atomic E-state index is -4.41. The minimum absolute atomic E-state index is 0.0720. The van der Waals surface area contributed by atoms with E-state index in [1.165, 1.54) is 11.6 Å². The first-order valence-corrected chi connectivity index (χ1v) is 12.1. The number of hydrogen-bond acceptors (Lipinski definition) is 2. The molecule has 0 radical (unpaired) electrons. The van der Waals surface area contributed by atoms with Gasteiger partial charge in [0.2, 0.25) is 0 Å². The van der Waals surface area contributed by atoms with Gasteiger partial charge >= 0.3 is 6.18 Å². The molecule has 1 N–H and O–H groups in total. The summed E-state index contributed by atoms with van der Waals surface area (Å²) >= 11 is 0. The van der Waals surface area contributed by atoms with Gasteiger partial charge in [-0.3, -0.25) is 4.79 Å². The lowest BCUT2D eigenvalue weighted by Gasteiger charge is -2.58. The molecular weight excluding hydrogens is 425 g/mol. The molecule has 3 saturated carbocycles. The van der Waals surface area contributed by atoms with Gasteiger partial charge in [0.1, 0.15) is 5.60 Å². The van der Waals surface area contributed by atoms with Crippen LogP contribution in [0.4, 0.5) is 13.2 Å². The Balaban J connectivity index is 1.43. The van der Waals surface area contributed by atoms with Crippen molar-refractivity contribution < 1.29 is 23.1 Å². The Bertz CT molecular complexity index is 1080. The van der Waals surface area contributed by atoms with Crippen LogP contribution in [0.25, 0.3) is 0 Å². The molecule has 0 saturated heterocycles.